The number of pyridine rings is 1. The Morgan fingerprint density at radius 1 is 1.26 bits per heavy atom. The predicted molar refractivity (Wildman–Crippen MR) is 86.9 cm³/mol. The van der Waals surface area contributed by atoms with Gasteiger partial charge in [-0.2, -0.15) is 0 Å². The highest BCUT2D eigenvalue weighted by Gasteiger charge is 2.27. The summed E-state index contributed by atoms with van der Waals surface area (Å²) in [7, 11) is -3.47. The normalized spacial score (nSPS) is 13.7. The van der Waals surface area contributed by atoms with Crippen molar-refractivity contribution in [2.75, 3.05) is 11.0 Å². The molecule has 0 saturated heterocycles. The van der Waals surface area contributed by atoms with Crippen LogP contribution in [-0.2, 0) is 16.4 Å². The molecule has 3 rings (SSSR count). The number of sulfonamides is 1. The quantitative estimate of drug-likeness (QED) is 0.914. The van der Waals surface area contributed by atoms with E-state index in [9.17, 15) is 13.2 Å². The zero-order valence-corrected chi connectivity index (χ0v) is 13.7. The molecule has 1 aromatic heterocycles. The van der Waals surface area contributed by atoms with Gasteiger partial charge < -0.3 is 4.74 Å². The Kier molecular flexibility index (Phi) is 3.99. The number of aromatic nitrogens is 1. The van der Waals surface area contributed by atoms with Gasteiger partial charge in [0, 0.05) is 29.8 Å². The Labute approximate surface area is 138 Å². The van der Waals surface area contributed by atoms with Crippen molar-refractivity contribution in [3.05, 3.63) is 46.7 Å². The van der Waals surface area contributed by atoms with Crippen molar-refractivity contribution in [2.24, 2.45) is 0 Å². The molecule has 6 nitrogen and oxygen atoms in total. The smallest absolute Gasteiger partial charge is 0.229 e. The molecule has 2 aromatic rings. The summed E-state index contributed by atoms with van der Waals surface area (Å²) in [6.45, 7) is 0. The van der Waals surface area contributed by atoms with Crippen LogP contribution in [0.15, 0.2) is 30.6 Å². The number of carbonyl (C=O) groups excluding carboxylic acids is 1. The molecule has 0 unspecified atom stereocenters. The van der Waals surface area contributed by atoms with E-state index in [1.54, 1.807) is 12.1 Å². The van der Waals surface area contributed by atoms with Crippen LogP contribution in [0.5, 0.6) is 11.5 Å². The molecular formula is C15H13ClN2O4S. The molecule has 1 aliphatic rings. The Bertz CT molecular complexity index is 896. The van der Waals surface area contributed by atoms with Crippen LogP contribution in [0.1, 0.15) is 22.3 Å². The third-order valence-electron chi connectivity index (χ3n) is 3.35. The summed E-state index contributed by atoms with van der Waals surface area (Å²) in [6, 6.07) is 4.77. The minimum atomic E-state index is -3.47. The van der Waals surface area contributed by atoms with Gasteiger partial charge in [-0.3, -0.25) is 14.5 Å². The van der Waals surface area contributed by atoms with E-state index >= 15 is 0 Å². The molecule has 0 atom stereocenters. The fraction of sp³-hybridized carbons (Fsp3) is 0.200. The van der Waals surface area contributed by atoms with Crippen LogP contribution in [0.3, 0.4) is 0 Å². The van der Waals surface area contributed by atoms with Gasteiger partial charge in [0.05, 0.1) is 23.2 Å². The summed E-state index contributed by atoms with van der Waals surface area (Å²) in [5.41, 5.74) is 1.33. The maximum absolute atomic E-state index is 12.1. The van der Waals surface area contributed by atoms with E-state index in [2.05, 4.69) is 9.71 Å². The number of carbonyl (C=O) groups is 1. The van der Waals surface area contributed by atoms with Gasteiger partial charge in [-0.1, -0.05) is 11.6 Å². The topological polar surface area (TPSA) is 85.4 Å². The minimum Gasteiger partial charge on any atom is -0.455 e. The first kappa shape index (κ1) is 15.8. The Morgan fingerprint density at radius 3 is 2.74 bits per heavy atom. The average molecular weight is 353 g/mol. The number of Topliss-reactive ketones (excluding diaryl/α,β-unsaturated/α-hetero) is 1. The zero-order valence-electron chi connectivity index (χ0n) is 12.2. The Hall–Kier alpha value is -2.12. The number of ketones is 1. The van der Waals surface area contributed by atoms with Gasteiger partial charge >= 0.3 is 0 Å². The number of hydrogen-bond donors (Lipinski definition) is 1. The van der Waals surface area contributed by atoms with Crippen LogP contribution in [0.4, 0.5) is 5.69 Å². The first-order chi connectivity index (χ1) is 10.8. The number of ether oxygens (including phenoxy) is 1. The zero-order chi connectivity index (χ0) is 16.6. The molecule has 120 valence electrons. The van der Waals surface area contributed by atoms with Crippen LogP contribution in [-0.4, -0.2) is 25.4 Å². The third-order valence-corrected chi connectivity index (χ3v) is 4.15. The minimum absolute atomic E-state index is 0.110. The second-order valence-corrected chi connectivity index (χ2v) is 7.39. The van der Waals surface area contributed by atoms with Crippen LogP contribution >= 0.6 is 11.6 Å². The number of nitrogens with one attached hydrogen (secondary N) is 1. The standard InChI is InChI=1S/C15H13ClN2O4S/c1-23(20,21)18-12-3-5-14(11-2-4-13(19)15(11)12)22-10-6-9(16)7-17-8-10/h3,5-8,18H,2,4H2,1H3. The molecule has 0 spiro atoms. The van der Waals surface area contributed by atoms with E-state index < -0.39 is 10.0 Å². The fourth-order valence-electron chi connectivity index (χ4n) is 2.51. The molecule has 1 aromatic carbocycles. The van der Waals surface area contributed by atoms with E-state index in [1.165, 1.54) is 18.5 Å². The van der Waals surface area contributed by atoms with E-state index in [0.29, 0.717) is 40.5 Å². The lowest BCUT2D eigenvalue weighted by atomic mass is 10.1. The summed E-state index contributed by atoms with van der Waals surface area (Å²) >= 11 is 5.88. The van der Waals surface area contributed by atoms with Crippen molar-refractivity contribution < 1.29 is 17.9 Å². The second kappa shape index (κ2) is 5.82. The van der Waals surface area contributed by atoms with Gasteiger partial charge in [-0.05, 0) is 18.6 Å². The molecule has 23 heavy (non-hydrogen) atoms. The lowest BCUT2D eigenvalue weighted by Gasteiger charge is -2.13. The van der Waals surface area contributed by atoms with Gasteiger partial charge in [-0.15, -0.1) is 0 Å². The first-order valence-corrected chi connectivity index (χ1v) is 9.06. The maximum atomic E-state index is 12.1. The molecular weight excluding hydrogens is 340 g/mol. The first-order valence-electron chi connectivity index (χ1n) is 6.79. The van der Waals surface area contributed by atoms with Crippen molar-refractivity contribution in [1.82, 2.24) is 4.98 Å². The molecule has 0 aliphatic heterocycles. The van der Waals surface area contributed by atoms with Gasteiger partial charge in [0.15, 0.2) is 5.78 Å². The number of benzene rings is 1. The highest BCUT2D eigenvalue weighted by atomic mass is 35.5. The number of anilines is 1. The number of rotatable bonds is 4. The Balaban J connectivity index is 2.02. The second-order valence-electron chi connectivity index (χ2n) is 5.20. The predicted octanol–water partition coefficient (Wildman–Crippen LogP) is 3.03. The van der Waals surface area contributed by atoms with Crippen LogP contribution in [0, 0.1) is 0 Å². The van der Waals surface area contributed by atoms with Crippen LogP contribution in [0.25, 0.3) is 0 Å². The summed E-state index contributed by atoms with van der Waals surface area (Å²) in [5, 5.41) is 0.436. The maximum Gasteiger partial charge on any atom is 0.229 e. The van der Waals surface area contributed by atoms with Crippen molar-refractivity contribution in [2.45, 2.75) is 12.8 Å². The van der Waals surface area contributed by atoms with E-state index in [1.807, 2.05) is 0 Å². The number of hydrogen-bond acceptors (Lipinski definition) is 5. The fourth-order valence-corrected chi connectivity index (χ4v) is 3.25. The van der Waals surface area contributed by atoms with Crippen LogP contribution < -0.4 is 9.46 Å². The molecule has 0 amide bonds. The largest absolute Gasteiger partial charge is 0.455 e. The summed E-state index contributed by atoms with van der Waals surface area (Å²) in [5.74, 6) is 0.831. The van der Waals surface area contributed by atoms with Crippen molar-refractivity contribution in [1.29, 1.82) is 0 Å². The summed E-state index contributed by atoms with van der Waals surface area (Å²) in [6.07, 6.45) is 4.86. The molecule has 1 N–H and O–H groups in total. The van der Waals surface area contributed by atoms with E-state index in [4.69, 9.17) is 16.3 Å². The molecule has 8 heteroatoms. The molecule has 1 aliphatic carbocycles. The SMILES string of the molecule is CS(=O)(=O)Nc1ccc(Oc2cncc(Cl)c2)c2c1C(=O)CC2. The molecule has 0 bridgehead atoms. The number of fused-ring (bicyclic) bond motifs is 1. The highest BCUT2D eigenvalue weighted by Crippen LogP contribution is 2.38. The van der Waals surface area contributed by atoms with Crippen molar-refractivity contribution in [3.8, 4) is 11.5 Å². The van der Waals surface area contributed by atoms with Crippen LogP contribution in [0.2, 0.25) is 5.02 Å². The molecule has 0 radical (unpaired) electrons. The molecule has 0 saturated carbocycles. The van der Waals surface area contributed by atoms with E-state index in [0.717, 1.165) is 6.26 Å². The molecule has 1 heterocycles. The lowest BCUT2D eigenvalue weighted by Crippen LogP contribution is -2.12. The van der Waals surface area contributed by atoms with Crippen molar-refractivity contribution >= 4 is 33.1 Å². The monoisotopic (exact) mass is 352 g/mol. The van der Waals surface area contributed by atoms with Gasteiger partial charge in [0.2, 0.25) is 10.0 Å². The van der Waals surface area contributed by atoms with Crippen molar-refractivity contribution in [3.63, 3.8) is 0 Å². The van der Waals surface area contributed by atoms with Gasteiger partial charge in [0.25, 0.3) is 0 Å². The summed E-state index contributed by atoms with van der Waals surface area (Å²) < 4.78 is 31.0. The highest BCUT2D eigenvalue weighted by molar-refractivity contribution is 7.92. The lowest BCUT2D eigenvalue weighted by molar-refractivity contribution is 0.0995. The average Bonchev–Trinajstić information content (AvgIpc) is 2.83. The molecule has 0 fully saturated rings. The van der Waals surface area contributed by atoms with E-state index in [-0.39, 0.29) is 11.5 Å². The number of nitrogens with zero attached hydrogens (tertiary/aromatic N) is 1. The third kappa shape index (κ3) is 3.46. The Morgan fingerprint density at radius 2 is 2.04 bits per heavy atom. The van der Waals surface area contributed by atoms with Gasteiger partial charge in [-0.25, -0.2) is 8.42 Å². The van der Waals surface area contributed by atoms with Gasteiger partial charge in [0.1, 0.15) is 11.5 Å². The summed E-state index contributed by atoms with van der Waals surface area (Å²) in [4.78, 5) is 16.0. The number of halogens is 1.